The van der Waals surface area contributed by atoms with Gasteiger partial charge >= 0.3 is 0 Å². The molecule has 1 saturated carbocycles. The van der Waals surface area contributed by atoms with Gasteiger partial charge in [-0.2, -0.15) is 0 Å². The second-order valence-corrected chi connectivity index (χ2v) is 2.40. The van der Waals surface area contributed by atoms with Crippen LogP contribution in [0.1, 0.15) is 19.8 Å². The minimum Gasteiger partial charge on any atom is -0.330 e. The van der Waals surface area contributed by atoms with Crippen molar-refractivity contribution in [3.8, 4) is 0 Å². The average Bonchev–Trinajstić information content (AvgIpc) is 2.43. The maximum atomic E-state index is 5.40. The molecule has 0 aromatic rings. The third-order valence-corrected chi connectivity index (χ3v) is 1.90. The molecule has 0 bridgehead atoms. The summed E-state index contributed by atoms with van der Waals surface area (Å²) in [7, 11) is 0. The van der Waals surface area contributed by atoms with Crippen molar-refractivity contribution in [3.05, 3.63) is 0 Å². The molecule has 0 aromatic carbocycles. The first-order chi connectivity index (χ1) is 3.38. The molecule has 1 rings (SSSR count). The van der Waals surface area contributed by atoms with Crippen molar-refractivity contribution in [2.45, 2.75) is 19.8 Å². The fraction of sp³-hybridized carbons (Fsp3) is 1.00. The van der Waals surface area contributed by atoms with Crippen molar-refractivity contribution in [2.24, 2.45) is 17.6 Å². The van der Waals surface area contributed by atoms with Gasteiger partial charge in [-0.05, 0) is 24.8 Å². The second kappa shape index (κ2) is 1.83. The van der Waals surface area contributed by atoms with E-state index in [1.165, 1.54) is 12.8 Å². The molecule has 0 aliphatic heterocycles. The molecule has 1 heteroatoms. The molecule has 0 aromatic heterocycles. The van der Waals surface area contributed by atoms with E-state index in [0.717, 1.165) is 18.4 Å². The molecule has 1 fully saturated rings. The Kier molecular flexibility index (Phi) is 1.33. The highest BCUT2D eigenvalue weighted by Crippen LogP contribution is 2.39. The molecule has 2 atom stereocenters. The molecule has 0 saturated heterocycles. The maximum absolute atomic E-state index is 5.40. The van der Waals surface area contributed by atoms with Gasteiger partial charge in [0.05, 0.1) is 0 Å². The van der Waals surface area contributed by atoms with E-state index in [4.69, 9.17) is 5.73 Å². The monoisotopic (exact) mass is 99.1 g/mol. The lowest BCUT2D eigenvalue weighted by molar-refractivity contribution is 0.687. The van der Waals surface area contributed by atoms with Crippen LogP contribution in [0.3, 0.4) is 0 Å². The number of hydrogen-bond acceptors (Lipinski definition) is 1. The highest BCUT2D eigenvalue weighted by atomic mass is 14.6. The van der Waals surface area contributed by atoms with Crippen LogP contribution < -0.4 is 5.73 Å². The fourth-order valence-corrected chi connectivity index (χ4v) is 1.10. The predicted molar refractivity (Wildman–Crippen MR) is 30.9 cm³/mol. The van der Waals surface area contributed by atoms with Gasteiger partial charge in [-0.3, -0.25) is 0 Å². The molecule has 0 heterocycles. The molecule has 1 unspecified atom stereocenters. The van der Waals surface area contributed by atoms with E-state index in [1.807, 2.05) is 0 Å². The number of nitrogens with two attached hydrogens (primary N) is 1. The summed E-state index contributed by atoms with van der Waals surface area (Å²) >= 11 is 0. The zero-order valence-electron chi connectivity index (χ0n) is 4.85. The van der Waals surface area contributed by atoms with Gasteiger partial charge in [-0.25, -0.2) is 0 Å². The lowest BCUT2D eigenvalue weighted by Gasteiger charge is -1.85. The van der Waals surface area contributed by atoms with Crippen molar-refractivity contribution in [2.75, 3.05) is 6.54 Å². The second-order valence-electron chi connectivity index (χ2n) is 2.40. The average molecular weight is 99.2 g/mol. The topological polar surface area (TPSA) is 26.0 Å². The summed E-state index contributed by atoms with van der Waals surface area (Å²) in [5.41, 5.74) is 5.40. The first-order valence-corrected chi connectivity index (χ1v) is 3.08. The van der Waals surface area contributed by atoms with Crippen LogP contribution in [0.5, 0.6) is 0 Å². The molecular formula is C6H13N. The van der Waals surface area contributed by atoms with Crippen LogP contribution in [0.25, 0.3) is 0 Å². The van der Waals surface area contributed by atoms with Crippen LogP contribution in [0, 0.1) is 11.8 Å². The van der Waals surface area contributed by atoms with E-state index in [9.17, 15) is 0 Å². The lowest BCUT2D eigenvalue weighted by atomic mass is 10.3. The molecule has 2 N–H and O–H groups in total. The third-order valence-electron chi connectivity index (χ3n) is 1.90. The summed E-state index contributed by atoms with van der Waals surface area (Å²) in [6, 6.07) is 0. The zero-order chi connectivity index (χ0) is 5.28. The van der Waals surface area contributed by atoms with Crippen molar-refractivity contribution >= 4 is 0 Å². The van der Waals surface area contributed by atoms with E-state index in [0.29, 0.717) is 0 Å². The Morgan fingerprint density at radius 3 is 2.43 bits per heavy atom. The van der Waals surface area contributed by atoms with Crippen LogP contribution in [0.15, 0.2) is 0 Å². The van der Waals surface area contributed by atoms with Gasteiger partial charge in [-0.1, -0.05) is 13.3 Å². The summed E-state index contributed by atoms with van der Waals surface area (Å²) in [5.74, 6) is 1.88. The van der Waals surface area contributed by atoms with Gasteiger partial charge in [0.15, 0.2) is 0 Å². The van der Waals surface area contributed by atoms with Crippen molar-refractivity contribution in [1.82, 2.24) is 0 Å². The van der Waals surface area contributed by atoms with Gasteiger partial charge in [0.2, 0.25) is 0 Å². The number of rotatable bonds is 2. The first-order valence-electron chi connectivity index (χ1n) is 3.08. The van der Waals surface area contributed by atoms with Crippen molar-refractivity contribution in [3.63, 3.8) is 0 Å². The van der Waals surface area contributed by atoms with Gasteiger partial charge in [-0.15, -0.1) is 0 Å². The van der Waals surface area contributed by atoms with E-state index >= 15 is 0 Å². The van der Waals surface area contributed by atoms with E-state index in [2.05, 4.69) is 6.92 Å². The minimum atomic E-state index is 0.894. The Bertz CT molecular complexity index is 53.2. The molecule has 0 radical (unpaired) electrons. The quantitative estimate of drug-likeness (QED) is 0.549. The van der Waals surface area contributed by atoms with E-state index < -0.39 is 0 Å². The predicted octanol–water partition coefficient (Wildman–Crippen LogP) is 0.991. The maximum Gasteiger partial charge on any atom is -0.00461 e. The molecule has 1 aliphatic rings. The van der Waals surface area contributed by atoms with Gasteiger partial charge in [0.1, 0.15) is 0 Å². The molecule has 0 amide bonds. The summed E-state index contributed by atoms with van der Waals surface area (Å²) in [6.45, 7) is 3.15. The summed E-state index contributed by atoms with van der Waals surface area (Å²) in [4.78, 5) is 0. The summed E-state index contributed by atoms with van der Waals surface area (Å²) in [6.07, 6.45) is 2.73. The highest BCUT2D eigenvalue weighted by Gasteiger charge is 2.33. The van der Waals surface area contributed by atoms with Crippen LogP contribution in [-0.2, 0) is 0 Å². The standard InChI is InChI=1S/C6H13N/c1-2-5-3-6(5)4-7/h5-6H,2-4,7H2,1H3/t5?,6-/m0/s1. The highest BCUT2D eigenvalue weighted by molar-refractivity contribution is 4.85. The summed E-state index contributed by atoms with van der Waals surface area (Å²) in [5, 5.41) is 0. The SMILES string of the molecule is CCC1C[C@H]1CN. The normalized spacial score (nSPS) is 38.6. The van der Waals surface area contributed by atoms with Gasteiger partial charge in [0.25, 0.3) is 0 Å². The molecular weight excluding hydrogens is 86.1 g/mol. The van der Waals surface area contributed by atoms with Crippen LogP contribution in [-0.4, -0.2) is 6.54 Å². The molecule has 7 heavy (non-hydrogen) atoms. The van der Waals surface area contributed by atoms with E-state index in [-0.39, 0.29) is 0 Å². The molecule has 42 valence electrons. The van der Waals surface area contributed by atoms with E-state index in [1.54, 1.807) is 0 Å². The Labute approximate surface area is 44.9 Å². The fourth-order valence-electron chi connectivity index (χ4n) is 1.10. The third kappa shape index (κ3) is 0.942. The van der Waals surface area contributed by atoms with Crippen LogP contribution in [0.2, 0.25) is 0 Å². The number of hydrogen-bond donors (Lipinski definition) is 1. The molecule has 1 aliphatic carbocycles. The summed E-state index contributed by atoms with van der Waals surface area (Å²) < 4.78 is 0. The Hall–Kier alpha value is -0.0400. The Morgan fingerprint density at radius 2 is 2.29 bits per heavy atom. The Morgan fingerprint density at radius 1 is 1.57 bits per heavy atom. The van der Waals surface area contributed by atoms with Crippen molar-refractivity contribution < 1.29 is 0 Å². The molecule has 0 spiro atoms. The zero-order valence-corrected chi connectivity index (χ0v) is 4.85. The lowest BCUT2D eigenvalue weighted by Crippen LogP contribution is -2.01. The van der Waals surface area contributed by atoms with Gasteiger partial charge in [0, 0.05) is 0 Å². The van der Waals surface area contributed by atoms with Crippen LogP contribution in [0.4, 0.5) is 0 Å². The van der Waals surface area contributed by atoms with Gasteiger partial charge < -0.3 is 5.73 Å². The van der Waals surface area contributed by atoms with Crippen molar-refractivity contribution in [1.29, 1.82) is 0 Å². The smallest absolute Gasteiger partial charge is 0.00461 e. The molecule has 1 nitrogen and oxygen atoms in total. The minimum absolute atomic E-state index is 0.894. The first kappa shape index (κ1) is 5.10. The van der Waals surface area contributed by atoms with Crippen LogP contribution >= 0.6 is 0 Å². The largest absolute Gasteiger partial charge is 0.330 e. The Balaban J connectivity index is 2.06.